The second-order valence-electron chi connectivity index (χ2n) is 5.09. The van der Waals surface area contributed by atoms with Crippen molar-refractivity contribution < 1.29 is 0 Å². The number of rotatable bonds is 1. The smallest absolute Gasteiger partial charge is 0.253 e. The van der Waals surface area contributed by atoms with Crippen molar-refractivity contribution in [2.24, 2.45) is 0 Å². The molecule has 0 bridgehead atoms. The largest absolute Gasteiger partial charge is 0.316 e. The molecule has 1 aromatic rings. The number of aryl methyl sites for hydroxylation is 1. The minimum atomic E-state index is 0.148. The van der Waals surface area contributed by atoms with Gasteiger partial charge in [0.25, 0.3) is 5.56 Å². The highest BCUT2D eigenvalue weighted by Gasteiger charge is 2.20. The Bertz CT molecular complexity index is 460. The summed E-state index contributed by atoms with van der Waals surface area (Å²) in [6.45, 7) is 2.92. The molecule has 1 atom stereocenters. The fourth-order valence-corrected chi connectivity index (χ4v) is 2.87. The third kappa shape index (κ3) is 2.14. The van der Waals surface area contributed by atoms with E-state index in [-0.39, 0.29) is 5.56 Å². The molecule has 1 unspecified atom stereocenters. The summed E-state index contributed by atoms with van der Waals surface area (Å²) in [5, 5.41) is 3.38. The van der Waals surface area contributed by atoms with E-state index in [1.165, 1.54) is 12.8 Å². The zero-order valence-electron chi connectivity index (χ0n) is 10.1. The highest BCUT2D eigenvalue weighted by atomic mass is 16.1. The lowest BCUT2D eigenvalue weighted by molar-refractivity contribution is 0.441. The lowest BCUT2D eigenvalue weighted by atomic mass is 9.95. The molecule has 1 N–H and O–H groups in total. The fraction of sp³-hybridized carbons (Fsp3) is 0.692. The first-order chi connectivity index (χ1) is 8.34. The van der Waals surface area contributed by atoms with Crippen LogP contribution in [0, 0.1) is 0 Å². The monoisotopic (exact) mass is 233 g/mol. The lowest BCUT2D eigenvalue weighted by Gasteiger charge is -2.24. The molecule has 0 radical (unpaired) electrons. The quantitative estimate of drug-likeness (QED) is 0.788. The number of aromatic nitrogens is 2. The molecule has 0 aromatic carbocycles. The van der Waals surface area contributed by atoms with Crippen LogP contribution in [0.1, 0.15) is 43.1 Å². The highest BCUT2D eigenvalue weighted by molar-refractivity contribution is 5.12. The molecule has 0 amide bonds. The van der Waals surface area contributed by atoms with Crippen LogP contribution in [0.4, 0.5) is 0 Å². The van der Waals surface area contributed by atoms with Gasteiger partial charge in [-0.15, -0.1) is 0 Å². The van der Waals surface area contributed by atoms with Crippen LogP contribution in [0.3, 0.4) is 0 Å². The molecule has 17 heavy (non-hydrogen) atoms. The van der Waals surface area contributed by atoms with Crippen LogP contribution in [-0.2, 0) is 13.0 Å². The van der Waals surface area contributed by atoms with Gasteiger partial charge < -0.3 is 5.32 Å². The summed E-state index contributed by atoms with van der Waals surface area (Å²) < 4.78 is 1.85. The van der Waals surface area contributed by atoms with Crippen molar-refractivity contribution in [1.82, 2.24) is 14.9 Å². The Balaban J connectivity index is 1.95. The SMILES string of the molecule is O=c1cc(C2CCCNC2)nc2n1CCCC2. The Morgan fingerprint density at radius 2 is 2.29 bits per heavy atom. The Morgan fingerprint density at radius 1 is 1.35 bits per heavy atom. The topological polar surface area (TPSA) is 46.9 Å². The van der Waals surface area contributed by atoms with Gasteiger partial charge in [-0.2, -0.15) is 0 Å². The molecule has 0 aliphatic carbocycles. The van der Waals surface area contributed by atoms with Crippen molar-refractivity contribution in [1.29, 1.82) is 0 Å². The third-order valence-electron chi connectivity index (χ3n) is 3.85. The van der Waals surface area contributed by atoms with Gasteiger partial charge in [0.15, 0.2) is 0 Å². The van der Waals surface area contributed by atoms with Crippen molar-refractivity contribution in [3.05, 3.63) is 27.9 Å². The second-order valence-corrected chi connectivity index (χ2v) is 5.09. The number of nitrogens with one attached hydrogen (secondary N) is 1. The molecule has 92 valence electrons. The van der Waals surface area contributed by atoms with Gasteiger partial charge in [-0.3, -0.25) is 9.36 Å². The second kappa shape index (κ2) is 4.61. The molecule has 0 spiro atoms. The first-order valence-corrected chi connectivity index (χ1v) is 6.66. The van der Waals surface area contributed by atoms with E-state index in [1.54, 1.807) is 6.07 Å². The number of hydrogen-bond donors (Lipinski definition) is 1. The Morgan fingerprint density at radius 3 is 3.12 bits per heavy atom. The third-order valence-corrected chi connectivity index (χ3v) is 3.85. The van der Waals surface area contributed by atoms with Gasteiger partial charge in [-0.25, -0.2) is 4.98 Å². The van der Waals surface area contributed by atoms with E-state index in [9.17, 15) is 4.79 Å². The normalized spacial score (nSPS) is 24.4. The van der Waals surface area contributed by atoms with Crippen LogP contribution >= 0.6 is 0 Å². The summed E-state index contributed by atoms with van der Waals surface area (Å²) in [6, 6.07) is 1.76. The van der Waals surface area contributed by atoms with Gasteiger partial charge in [-0.05, 0) is 32.2 Å². The number of hydrogen-bond acceptors (Lipinski definition) is 3. The van der Waals surface area contributed by atoms with Crippen molar-refractivity contribution >= 4 is 0 Å². The van der Waals surface area contributed by atoms with Gasteiger partial charge in [0.2, 0.25) is 0 Å². The van der Waals surface area contributed by atoms with Gasteiger partial charge in [0.05, 0.1) is 5.69 Å². The van der Waals surface area contributed by atoms with Gasteiger partial charge in [-0.1, -0.05) is 0 Å². The summed E-state index contributed by atoms with van der Waals surface area (Å²) in [5.74, 6) is 1.44. The molecule has 2 aliphatic heterocycles. The highest BCUT2D eigenvalue weighted by Crippen LogP contribution is 2.21. The first-order valence-electron chi connectivity index (χ1n) is 6.66. The maximum Gasteiger partial charge on any atom is 0.253 e. The summed E-state index contributed by atoms with van der Waals surface area (Å²) >= 11 is 0. The number of piperidine rings is 1. The number of fused-ring (bicyclic) bond motifs is 1. The van der Waals surface area contributed by atoms with Crippen molar-refractivity contribution in [2.45, 2.75) is 44.6 Å². The van der Waals surface area contributed by atoms with Gasteiger partial charge in [0, 0.05) is 31.5 Å². The predicted octanol–water partition coefficient (Wildman–Crippen LogP) is 1.05. The number of nitrogens with zero attached hydrogens (tertiary/aromatic N) is 2. The molecule has 3 rings (SSSR count). The van der Waals surface area contributed by atoms with Crippen LogP contribution in [0.25, 0.3) is 0 Å². The minimum Gasteiger partial charge on any atom is -0.316 e. The van der Waals surface area contributed by atoms with E-state index in [2.05, 4.69) is 5.32 Å². The molecular formula is C13H19N3O. The predicted molar refractivity (Wildman–Crippen MR) is 66.3 cm³/mol. The lowest BCUT2D eigenvalue weighted by Crippen LogP contribution is -2.33. The molecule has 4 heteroatoms. The van der Waals surface area contributed by atoms with E-state index in [0.717, 1.165) is 50.4 Å². The zero-order valence-corrected chi connectivity index (χ0v) is 10.1. The Labute approximate surface area is 101 Å². The Hall–Kier alpha value is -1.16. The van der Waals surface area contributed by atoms with Crippen LogP contribution in [0.5, 0.6) is 0 Å². The summed E-state index contributed by atoms with van der Waals surface area (Å²) in [5.41, 5.74) is 1.16. The summed E-state index contributed by atoms with van der Waals surface area (Å²) in [6.07, 6.45) is 5.58. The first kappa shape index (κ1) is 11.0. The van der Waals surface area contributed by atoms with E-state index in [1.807, 2.05) is 4.57 Å². The van der Waals surface area contributed by atoms with Crippen LogP contribution in [0.2, 0.25) is 0 Å². The van der Waals surface area contributed by atoms with Crippen molar-refractivity contribution in [3.8, 4) is 0 Å². The average molecular weight is 233 g/mol. The van der Waals surface area contributed by atoms with Crippen molar-refractivity contribution in [3.63, 3.8) is 0 Å². The molecule has 0 saturated carbocycles. The maximum atomic E-state index is 12.0. The van der Waals surface area contributed by atoms with E-state index < -0.39 is 0 Å². The maximum absolute atomic E-state index is 12.0. The van der Waals surface area contributed by atoms with E-state index >= 15 is 0 Å². The van der Waals surface area contributed by atoms with Crippen molar-refractivity contribution in [2.75, 3.05) is 13.1 Å². The van der Waals surface area contributed by atoms with Gasteiger partial charge in [0.1, 0.15) is 5.82 Å². The summed E-state index contributed by atoms with van der Waals surface area (Å²) in [4.78, 5) is 16.8. The fourth-order valence-electron chi connectivity index (χ4n) is 2.87. The Kier molecular flexibility index (Phi) is 2.97. The molecule has 1 saturated heterocycles. The molecule has 4 nitrogen and oxygen atoms in total. The van der Waals surface area contributed by atoms with Crippen LogP contribution in [0.15, 0.2) is 10.9 Å². The zero-order chi connectivity index (χ0) is 11.7. The minimum absolute atomic E-state index is 0.148. The standard InChI is InChI=1S/C13H19N3O/c17-13-8-11(10-4-3-6-14-9-10)15-12-5-1-2-7-16(12)13/h8,10,14H,1-7,9H2. The average Bonchev–Trinajstić information content (AvgIpc) is 2.40. The molecular weight excluding hydrogens is 214 g/mol. The molecule has 3 heterocycles. The van der Waals surface area contributed by atoms with E-state index in [4.69, 9.17) is 4.98 Å². The molecule has 1 fully saturated rings. The molecule has 2 aliphatic rings. The van der Waals surface area contributed by atoms with Crippen LogP contribution < -0.4 is 10.9 Å². The summed E-state index contributed by atoms with van der Waals surface area (Å²) in [7, 11) is 0. The molecule has 1 aromatic heterocycles. The van der Waals surface area contributed by atoms with E-state index in [0.29, 0.717) is 5.92 Å². The van der Waals surface area contributed by atoms with Gasteiger partial charge >= 0.3 is 0 Å². The van der Waals surface area contributed by atoms with Crippen LogP contribution in [-0.4, -0.2) is 22.6 Å².